The SMILES string of the molecule is CC[C@@H](C)NC(=O)[C@@H](CC)N(Cc1ccc(F)cc1)C(=O)COc1cccc(C)c1C. The van der Waals surface area contributed by atoms with E-state index >= 15 is 0 Å². The van der Waals surface area contributed by atoms with Crippen LogP contribution < -0.4 is 10.1 Å². The molecule has 0 aliphatic rings. The van der Waals surface area contributed by atoms with Crippen molar-refractivity contribution in [3.8, 4) is 5.75 Å². The van der Waals surface area contributed by atoms with Crippen LogP contribution in [0.1, 0.15) is 50.3 Å². The van der Waals surface area contributed by atoms with Crippen LogP contribution in [-0.2, 0) is 16.1 Å². The fraction of sp³-hybridized carbons (Fsp3) is 0.440. The Hall–Kier alpha value is -2.89. The van der Waals surface area contributed by atoms with Crippen LogP contribution in [-0.4, -0.2) is 35.4 Å². The van der Waals surface area contributed by atoms with Crippen LogP contribution in [0.2, 0.25) is 0 Å². The molecule has 2 amide bonds. The van der Waals surface area contributed by atoms with E-state index in [4.69, 9.17) is 4.74 Å². The van der Waals surface area contributed by atoms with E-state index in [0.717, 1.165) is 23.1 Å². The molecule has 0 saturated carbocycles. The molecular formula is C25H33FN2O3. The first kappa shape index (κ1) is 24.4. The highest BCUT2D eigenvalue weighted by Gasteiger charge is 2.29. The normalized spacial score (nSPS) is 12.7. The summed E-state index contributed by atoms with van der Waals surface area (Å²) in [5.74, 6) is -0.191. The average molecular weight is 429 g/mol. The molecule has 168 valence electrons. The van der Waals surface area contributed by atoms with Crippen molar-refractivity contribution in [2.75, 3.05) is 6.61 Å². The van der Waals surface area contributed by atoms with Crippen LogP contribution in [0.25, 0.3) is 0 Å². The molecule has 0 unspecified atom stereocenters. The number of halogens is 1. The van der Waals surface area contributed by atoms with Crippen molar-refractivity contribution < 1.29 is 18.7 Å². The van der Waals surface area contributed by atoms with Crippen LogP contribution in [0.5, 0.6) is 5.75 Å². The summed E-state index contributed by atoms with van der Waals surface area (Å²) in [6.07, 6.45) is 1.25. The zero-order valence-electron chi connectivity index (χ0n) is 19.1. The van der Waals surface area contributed by atoms with Crippen molar-refractivity contribution in [1.82, 2.24) is 10.2 Å². The zero-order valence-corrected chi connectivity index (χ0v) is 19.1. The van der Waals surface area contributed by atoms with Crippen molar-refractivity contribution >= 4 is 11.8 Å². The third-order valence-corrected chi connectivity index (χ3v) is 5.56. The van der Waals surface area contributed by atoms with Gasteiger partial charge >= 0.3 is 0 Å². The zero-order chi connectivity index (χ0) is 23.0. The second kappa shape index (κ2) is 11.5. The van der Waals surface area contributed by atoms with E-state index in [9.17, 15) is 14.0 Å². The van der Waals surface area contributed by atoms with Gasteiger partial charge in [0.15, 0.2) is 6.61 Å². The highest BCUT2D eigenvalue weighted by Crippen LogP contribution is 2.21. The van der Waals surface area contributed by atoms with E-state index in [1.807, 2.05) is 52.8 Å². The summed E-state index contributed by atoms with van der Waals surface area (Å²) in [6, 6.07) is 11.0. The van der Waals surface area contributed by atoms with Crippen LogP contribution in [0, 0.1) is 19.7 Å². The molecular weight excluding hydrogens is 395 g/mol. The van der Waals surface area contributed by atoms with Gasteiger partial charge in [0, 0.05) is 12.6 Å². The van der Waals surface area contributed by atoms with Crippen molar-refractivity contribution in [3.63, 3.8) is 0 Å². The summed E-state index contributed by atoms with van der Waals surface area (Å²) < 4.78 is 19.1. The lowest BCUT2D eigenvalue weighted by atomic mass is 10.1. The quantitative estimate of drug-likeness (QED) is 0.604. The van der Waals surface area contributed by atoms with Gasteiger partial charge in [-0.1, -0.05) is 38.1 Å². The minimum absolute atomic E-state index is 0.00974. The van der Waals surface area contributed by atoms with E-state index in [0.29, 0.717) is 12.2 Å². The fourth-order valence-electron chi connectivity index (χ4n) is 3.25. The molecule has 0 bridgehead atoms. The maximum absolute atomic E-state index is 13.3. The Balaban J connectivity index is 2.23. The number of carbonyl (C=O) groups is 2. The first-order valence-corrected chi connectivity index (χ1v) is 10.8. The highest BCUT2D eigenvalue weighted by molar-refractivity contribution is 5.88. The van der Waals surface area contributed by atoms with E-state index in [1.165, 1.54) is 17.0 Å². The highest BCUT2D eigenvalue weighted by atomic mass is 19.1. The molecule has 0 radical (unpaired) electrons. The molecule has 0 aliphatic heterocycles. The van der Waals surface area contributed by atoms with Gasteiger partial charge in [-0.15, -0.1) is 0 Å². The van der Waals surface area contributed by atoms with Crippen LogP contribution in [0.4, 0.5) is 4.39 Å². The maximum atomic E-state index is 13.3. The second-order valence-corrected chi connectivity index (χ2v) is 7.88. The van der Waals surface area contributed by atoms with Gasteiger partial charge in [0.1, 0.15) is 17.6 Å². The van der Waals surface area contributed by atoms with Crippen LogP contribution in [0.3, 0.4) is 0 Å². The Kier molecular flexibility index (Phi) is 9.03. The van der Waals surface area contributed by atoms with E-state index in [1.54, 1.807) is 12.1 Å². The molecule has 0 heterocycles. The summed E-state index contributed by atoms with van der Waals surface area (Å²) in [6.45, 7) is 9.74. The van der Waals surface area contributed by atoms with Gasteiger partial charge in [0.05, 0.1) is 0 Å². The molecule has 6 heteroatoms. The van der Waals surface area contributed by atoms with Crippen LogP contribution >= 0.6 is 0 Å². The van der Waals surface area contributed by atoms with E-state index < -0.39 is 6.04 Å². The topological polar surface area (TPSA) is 58.6 Å². The van der Waals surface area contributed by atoms with Crippen molar-refractivity contribution in [2.24, 2.45) is 0 Å². The van der Waals surface area contributed by atoms with E-state index in [-0.39, 0.29) is 36.8 Å². The predicted molar refractivity (Wildman–Crippen MR) is 120 cm³/mol. The Labute approximate surface area is 184 Å². The smallest absolute Gasteiger partial charge is 0.261 e. The second-order valence-electron chi connectivity index (χ2n) is 7.88. The first-order chi connectivity index (χ1) is 14.8. The van der Waals surface area contributed by atoms with Gasteiger partial charge in [-0.2, -0.15) is 0 Å². The fourth-order valence-corrected chi connectivity index (χ4v) is 3.25. The molecule has 0 saturated heterocycles. The van der Waals surface area contributed by atoms with Gasteiger partial charge in [-0.3, -0.25) is 9.59 Å². The molecule has 31 heavy (non-hydrogen) atoms. The lowest BCUT2D eigenvalue weighted by Gasteiger charge is -2.31. The Morgan fingerprint density at radius 1 is 1.06 bits per heavy atom. The molecule has 2 aromatic rings. The number of amides is 2. The summed E-state index contributed by atoms with van der Waals surface area (Å²) in [4.78, 5) is 27.6. The average Bonchev–Trinajstić information content (AvgIpc) is 2.75. The molecule has 0 spiro atoms. The Morgan fingerprint density at radius 2 is 1.74 bits per heavy atom. The minimum atomic E-state index is -0.645. The number of nitrogens with one attached hydrogen (secondary N) is 1. The maximum Gasteiger partial charge on any atom is 0.261 e. The van der Waals surface area contributed by atoms with Crippen molar-refractivity contribution in [3.05, 3.63) is 65.0 Å². The number of carbonyl (C=O) groups excluding carboxylic acids is 2. The molecule has 1 N–H and O–H groups in total. The van der Waals surface area contributed by atoms with Gasteiger partial charge in [0.2, 0.25) is 5.91 Å². The van der Waals surface area contributed by atoms with E-state index in [2.05, 4.69) is 5.32 Å². The molecule has 2 atom stereocenters. The summed E-state index contributed by atoms with van der Waals surface area (Å²) >= 11 is 0. The predicted octanol–water partition coefficient (Wildman–Crippen LogP) is 4.54. The van der Waals surface area contributed by atoms with Gasteiger partial charge in [0.25, 0.3) is 5.91 Å². The monoisotopic (exact) mass is 428 g/mol. The minimum Gasteiger partial charge on any atom is -0.483 e. The molecule has 5 nitrogen and oxygen atoms in total. The van der Waals surface area contributed by atoms with Gasteiger partial charge in [-0.25, -0.2) is 4.39 Å². The lowest BCUT2D eigenvalue weighted by molar-refractivity contribution is -0.143. The molecule has 0 fully saturated rings. The van der Waals surface area contributed by atoms with Gasteiger partial charge in [-0.05, 0) is 68.5 Å². The van der Waals surface area contributed by atoms with Crippen molar-refractivity contribution in [2.45, 2.75) is 66.1 Å². The first-order valence-electron chi connectivity index (χ1n) is 10.8. The molecule has 0 aromatic heterocycles. The Morgan fingerprint density at radius 3 is 2.35 bits per heavy atom. The number of hydrogen-bond donors (Lipinski definition) is 1. The molecule has 2 rings (SSSR count). The molecule has 2 aromatic carbocycles. The molecule has 0 aliphatic carbocycles. The van der Waals surface area contributed by atoms with Crippen LogP contribution in [0.15, 0.2) is 42.5 Å². The number of rotatable bonds is 10. The number of hydrogen-bond acceptors (Lipinski definition) is 3. The third kappa shape index (κ3) is 6.81. The number of aryl methyl sites for hydroxylation is 1. The number of nitrogens with zero attached hydrogens (tertiary/aromatic N) is 1. The number of ether oxygens (including phenoxy) is 1. The van der Waals surface area contributed by atoms with Crippen molar-refractivity contribution in [1.29, 1.82) is 0 Å². The number of benzene rings is 2. The summed E-state index contributed by atoms with van der Waals surface area (Å²) in [5, 5.41) is 2.97. The lowest BCUT2D eigenvalue weighted by Crippen LogP contribution is -2.51. The largest absolute Gasteiger partial charge is 0.483 e. The standard InChI is InChI=1S/C25H33FN2O3/c1-6-18(4)27-25(30)22(7-2)28(15-20-11-13-21(26)14-12-20)24(29)16-31-23-10-8-9-17(3)19(23)5/h8-14,18,22H,6-7,15-16H2,1-5H3,(H,27,30)/t18-,22-/m1/s1. The third-order valence-electron chi connectivity index (χ3n) is 5.56. The Bertz CT molecular complexity index is 883. The summed E-state index contributed by atoms with van der Waals surface area (Å²) in [5.41, 5.74) is 2.80. The summed E-state index contributed by atoms with van der Waals surface area (Å²) in [7, 11) is 0. The van der Waals surface area contributed by atoms with Gasteiger partial charge < -0.3 is 15.0 Å².